The van der Waals surface area contributed by atoms with Crippen molar-refractivity contribution in [3.63, 3.8) is 0 Å². The van der Waals surface area contributed by atoms with Crippen molar-refractivity contribution in [2.24, 2.45) is 5.92 Å². The van der Waals surface area contributed by atoms with Crippen LogP contribution < -0.4 is 0 Å². The van der Waals surface area contributed by atoms with E-state index in [0.717, 1.165) is 12.3 Å². The molecule has 0 saturated carbocycles. The van der Waals surface area contributed by atoms with Crippen LogP contribution in [0.5, 0.6) is 0 Å². The van der Waals surface area contributed by atoms with Gasteiger partial charge in [0.05, 0.1) is 0 Å². The molecule has 0 radical (unpaired) electrons. The summed E-state index contributed by atoms with van der Waals surface area (Å²) in [5.41, 5.74) is 1.17. The summed E-state index contributed by atoms with van der Waals surface area (Å²) in [4.78, 5) is 10.4. The first kappa shape index (κ1) is 7.68. The Bertz CT molecular complexity index is 241. The van der Waals surface area contributed by atoms with Crippen molar-refractivity contribution >= 4 is 0 Å². The Morgan fingerprint density at radius 3 is 3.00 bits per heavy atom. The summed E-state index contributed by atoms with van der Waals surface area (Å²) in [6.45, 7) is 2.42. The second-order valence-electron chi connectivity index (χ2n) is 3.49. The molecule has 0 unspecified atom stereocenters. The molecule has 0 atom stereocenters. The van der Waals surface area contributed by atoms with Crippen LogP contribution >= 0.6 is 0 Å². The van der Waals surface area contributed by atoms with Crippen LogP contribution in [0.15, 0.2) is 18.6 Å². The van der Waals surface area contributed by atoms with Crippen molar-refractivity contribution < 1.29 is 0 Å². The maximum absolute atomic E-state index is 4.20. The van der Waals surface area contributed by atoms with Gasteiger partial charge in [-0.15, -0.1) is 0 Å². The molecule has 1 fully saturated rings. The summed E-state index contributed by atoms with van der Waals surface area (Å²) >= 11 is 0. The smallest absolute Gasteiger partial charge is 0.115 e. The molecule has 2 heterocycles. The van der Waals surface area contributed by atoms with E-state index in [1.54, 1.807) is 6.33 Å². The minimum Gasteiger partial charge on any atom is -0.306 e. The lowest BCUT2D eigenvalue weighted by atomic mass is 9.95. The van der Waals surface area contributed by atoms with Gasteiger partial charge in [0.2, 0.25) is 0 Å². The number of aromatic nitrogens is 2. The molecule has 12 heavy (non-hydrogen) atoms. The monoisotopic (exact) mass is 163 g/mol. The summed E-state index contributed by atoms with van der Waals surface area (Å²) in [5.74, 6) is 0.810. The van der Waals surface area contributed by atoms with Gasteiger partial charge in [0.15, 0.2) is 0 Å². The third-order valence-electron chi connectivity index (χ3n) is 2.28. The van der Waals surface area contributed by atoms with Crippen molar-refractivity contribution in [1.82, 2.24) is 14.9 Å². The molecule has 0 aromatic carbocycles. The fourth-order valence-corrected chi connectivity index (χ4v) is 1.69. The molecule has 0 amide bonds. The van der Waals surface area contributed by atoms with E-state index in [-0.39, 0.29) is 0 Å². The van der Waals surface area contributed by atoms with E-state index in [4.69, 9.17) is 0 Å². The average Bonchev–Trinajstić information content (AvgIpc) is 2.04. The van der Waals surface area contributed by atoms with Crippen molar-refractivity contribution in [3.05, 3.63) is 24.3 Å². The van der Waals surface area contributed by atoms with Gasteiger partial charge in [-0.25, -0.2) is 9.97 Å². The van der Waals surface area contributed by atoms with E-state index in [9.17, 15) is 0 Å². The summed E-state index contributed by atoms with van der Waals surface area (Å²) in [6.07, 6.45) is 4.54. The molecule has 1 aliphatic rings. The largest absolute Gasteiger partial charge is 0.306 e. The van der Waals surface area contributed by atoms with Crippen LogP contribution in [-0.4, -0.2) is 35.0 Å². The topological polar surface area (TPSA) is 29.0 Å². The van der Waals surface area contributed by atoms with E-state index in [2.05, 4.69) is 21.9 Å². The van der Waals surface area contributed by atoms with Crippen molar-refractivity contribution in [2.75, 3.05) is 20.1 Å². The molecule has 0 N–H and O–H groups in total. The fourth-order valence-electron chi connectivity index (χ4n) is 1.69. The molecule has 1 aromatic heterocycles. The third kappa shape index (κ3) is 1.61. The maximum Gasteiger partial charge on any atom is 0.115 e. The standard InChI is InChI=1S/C9H13N3/c1-12-5-8(6-12)4-9-2-3-10-7-11-9/h2-3,7-8H,4-6H2,1H3. The fraction of sp³-hybridized carbons (Fsp3) is 0.556. The molecule has 1 aromatic rings. The molecule has 0 aliphatic carbocycles. The van der Waals surface area contributed by atoms with Gasteiger partial charge < -0.3 is 4.90 Å². The number of hydrogen-bond donors (Lipinski definition) is 0. The van der Waals surface area contributed by atoms with Crippen molar-refractivity contribution in [3.8, 4) is 0 Å². The van der Waals surface area contributed by atoms with E-state index < -0.39 is 0 Å². The summed E-state index contributed by atoms with van der Waals surface area (Å²) in [6, 6.07) is 2.00. The highest BCUT2D eigenvalue weighted by Crippen LogP contribution is 2.16. The lowest BCUT2D eigenvalue weighted by Crippen LogP contribution is -2.44. The van der Waals surface area contributed by atoms with E-state index in [0.29, 0.717) is 0 Å². The molecular weight excluding hydrogens is 150 g/mol. The van der Waals surface area contributed by atoms with Crippen molar-refractivity contribution in [1.29, 1.82) is 0 Å². The molecule has 0 spiro atoms. The van der Waals surface area contributed by atoms with E-state index in [1.807, 2.05) is 12.3 Å². The molecule has 3 nitrogen and oxygen atoms in total. The number of rotatable bonds is 2. The van der Waals surface area contributed by atoms with Gasteiger partial charge in [0.1, 0.15) is 6.33 Å². The first-order chi connectivity index (χ1) is 5.84. The predicted octanol–water partition coefficient (Wildman–Crippen LogP) is 0.581. The zero-order chi connectivity index (χ0) is 8.39. The number of likely N-dealkylation sites (tertiary alicyclic amines) is 1. The van der Waals surface area contributed by atoms with Gasteiger partial charge in [0.25, 0.3) is 0 Å². The van der Waals surface area contributed by atoms with Gasteiger partial charge >= 0.3 is 0 Å². The van der Waals surface area contributed by atoms with Crippen LogP contribution in [0.2, 0.25) is 0 Å². The molecular formula is C9H13N3. The molecule has 64 valence electrons. The Kier molecular flexibility index (Phi) is 2.04. The van der Waals surface area contributed by atoms with Crippen LogP contribution in [-0.2, 0) is 6.42 Å². The summed E-state index contributed by atoms with van der Waals surface area (Å²) < 4.78 is 0. The molecule has 2 rings (SSSR count). The second kappa shape index (κ2) is 3.19. The Morgan fingerprint density at radius 1 is 1.58 bits per heavy atom. The second-order valence-corrected chi connectivity index (χ2v) is 3.49. The minimum absolute atomic E-state index is 0.810. The highest BCUT2D eigenvalue weighted by Gasteiger charge is 2.23. The quantitative estimate of drug-likeness (QED) is 0.638. The van der Waals surface area contributed by atoms with Crippen LogP contribution in [0.3, 0.4) is 0 Å². The molecule has 1 saturated heterocycles. The van der Waals surface area contributed by atoms with Crippen LogP contribution in [0.25, 0.3) is 0 Å². The van der Waals surface area contributed by atoms with Gasteiger partial charge in [-0.2, -0.15) is 0 Å². The van der Waals surface area contributed by atoms with Crippen LogP contribution in [0.1, 0.15) is 5.69 Å². The SMILES string of the molecule is CN1CC(Cc2ccncn2)C1. The lowest BCUT2D eigenvalue weighted by molar-refractivity contribution is 0.134. The van der Waals surface area contributed by atoms with Crippen LogP contribution in [0, 0.1) is 5.92 Å². The maximum atomic E-state index is 4.20. The van der Waals surface area contributed by atoms with E-state index >= 15 is 0 Å². The summed E-state index contributed by atoms with van der Waals surface area (Å²) in [7, 11) is 2.15. The Labute approximate surface area is 72.4 Å². The van der Waals surface area contributed by atoms with Crippen LogP contribution in [0.4, 0.5) is 0 Å². The molecule has 3 heteroatoms. The molecule has 0 bridgehead atoms. The zero-order valence-corrected chi connectivity index (χ0v) is 7.27. The number of nitrogens with zero attached hydrogens (tertiary/aromatic N) is 3. The first-order valence-corrected chi connectivity index (χ1v) is 4.28. The minimum atomic E-state index is 0.810. The van der Waals surface area contributed by atoms with E-state index in [1.165, 1.54) is 18.8 Å². The molecule has 1 aliphatic heterocycles. The highest BCUT2D eigenvalue weighted by molar-refractivity contribution is 5.01. The summed E-state index contributed by atoms with van der Waals surface area (Å²) in [5, 5.41) is 0. The van der Waals surface area contributed by atoms with Gasteiger partial charge in [0, 0.05) is 25.0 Å². The Balaban J connectivity index is 1.88. The van der Waals surface area contributed by atoms with Gasteiger partial charge in [-0.1, -0.05) is 0 Å². The Hall–Kier alpha value is -0.960. The third-order valence-corrected chi connectivity index (χ3v) is 2.28. The zero-order valence-electron chi connectivity index (χ0n) is 7.27. The first-order valence-electron chi connectivity index (χ1n) is 4.28. The normalized spacial score (nSPS) is 19.1. The number of hydrogen-bond acceptors (Lipinski definition) is 3. The Morgan fingerprint density at radius 2 is 2.42 bits per heavy atom. The average molecular weight is 163 g/mol. The highest BCUT2D eigenvalue weighted by atomic mass is 15.2. The van der Waals surface area contributed by atoms with Gasteiger partial charge in [-0.05, 0) is 25.5 Å². The van der Waals surface area contributed by atoms with Crippen molar-refractivity contribution in [2.45, 2.75) is 6.42 Å². The lowest BCUT2D eigenvalue weighted by Gasteiger charge is -2.35. The van der Waals surface area contributed by atoms with Gasteiger partial charge in [-0.3, -0.25) is 0 Å². The predicted molar refractivity (Wildman–Crippen MR) is 46.7 cm³/mol.